The van der Waals surface area contributed by atoms with Crippen molar-refractivity contribution in [1.29, 1.82) is 0 Å². The maximum absolute atomic E-state index is 5.39. The number of benzene rings is 1. The van der Waals surface area contributed by atoms with E-state index < -0.39 is 0 Å². The zero-order chi connectivity index (χ0) is 14.7. The molecule has 110 valence electrons. The van der Waals surface area contributed by atoms with Gasteiger partial charge in [0.1, 0.15) is 17.5 Å². The van der Waals surface area contributed by atoms with Crippen LogP contribution in [0.2, 0.25) is 0 Å². The predicted octanol–water partition coefficient (Wildman–Crippen LogP) is 3.13. The van der Waals surface area contributed by atoms with Gasteiger partial charge in [-0.05, 0) is 35.0 Å². The number of anilines is 3. The predicted molar refractivity (Wildman–Crippen MR) is 87.2 cm³/mol. The van der Waals surface area contributed by atoms with Gasteiger partial charge in [-0.2, -0.15) is 0 Å². The average molecular weight is 349 g/mol. The Labute approximate surface area is 132 Å². The molecule has 5 nitrogen and oxygen atoms in total. The zero-order valence-corrected chi connectivity index (χ0v) is 13.4. The van der Waals surface area contributed by atoms with Crippen molar-refractivity contribution < 1.29 is 4.74 Å². The monoisotopic (exact) mass is 348 g/mol. The van der Waals surface area contributed by atoms with E-state index in [9.17, 15) is 0 Å². The third-order valence-electron chi connectivity index (χ3n) is 3.30. The fourth-order valence-electron chi connectivity index (χ4n) is 2.27. The molecule has 0 atom stereocenters. The number of hydrogen-bond donors (Lipinski definition) is 1. The molecular weight excluding hydrogens is 332 g/mol. The summed E-state index contributed by atoms with van der Waals surface area (Å²) in [6.45, 7) is 5.14. The van der Waals surface area contributed by atoms with Crippen LogP contribution in [0.25, 0.3) is 0 Å². The molecule has 0 bridgehead atoms. The van der Waals surface area contributed by atoms with Gasteiger partial charge in [-0.1, -0.05) is 12.1 Å². The van der Waals surface area contributed by atoms with Crippen molar-refractivity contribution in [2.45, 2.75) is 6.92 Å². The Morgan fingerprint density at radius 3 is 2.71 bits per heavy atom. The fourth-order valence-corrected chi connectivity index (χ4v) is 2.65. The summed E-state index contributed by atoms with van der Waals surface area (Å²) >= 11 is 3.53. The van der Waals surface area contributed by atoms with Crippen molar-refractivity contribution in [3.8, 4) is 0 Å². The van der Waals surface area contributed by atoms with Crippen LogP contribution in [0.3, 0.4) is 0 Å². The van der Waals surface area contributed by atoms with Crippen molar-refractivity contribution in [2.24, 2.45) is 0 Å². The maximum Gasteiger partial charge on any atom is 0.136 e. The minimum absolute atomic E-state index is 0.746. The molecule has 0 radical (unpaired) electrons. The molecule has 1 saturated heterocycles. The van der Waals surface area contributed by atoms with E-state index in [0.29, 0.717) is 0 Å². The minimum Gasteiger partial charge on any atom is -0.378 e. The van der Waals surface area contributed by atoms with Gasteiger partial charge < -0.3 is 15.0 Å². The molecule has 1 aromatic heterocycles. The first-order valence-electron chi connectivity index (χ1n) is 6.92. The van der Waals surface area contributed by atoms with E-state index in [2.05, 4.69) is 36.1 Å². The number of para-hydroxylation sites is 1. The van der Waals surface area contributed by atoms with E-state index in [1.165, 1.54) is 0 Å². The highest BCUT2D eigenvalue weighted by atomic mass is 79.9. The first-order valence-corrected chi connectivity index (χ1v) is 7.71. The number of morpholine rings is 1. The fraction of sp³-hybridized carbons (Fsp3) is 0.333. The number of nitrogens with zero attached hydrogens (tertiary/aromatic N) is 3. The van der Waals surface area contributed by atoms with Gasteiger partial charge in [0.25, 0.3) is 0 Å². The molecule has 3 rings (SSSR count). The van der Waals surface area contributed by atoms with Gasteiger partial charge in [0, 0.05) is 23.6 Å². The number of aromatic nitrogens is 2. The maximum atomic E-state index is 5.39. The number of aryl methyl sites for hydroxylation is 1. The highest BCUT2D eigenvalue weighted by Crippen LogP contribution is 2.26. The van der Waals surface area contributed by atoms with Gasteiger partial charge in [0.2, 0.25) is 0 Å². The SMILES string of the molecule is Cc1nc(Nc2ccccc2Br)cc(N2CCOCC2)n1. The van der Waals surface area contributed by atoms with Gasteiger partial charge in [0.05, 0.1) is 18.9 Å². The Bertz CT molecular complexity index is 629. The van der Waals surface area contributed by atoms with Crippen LogP contribution in [0.15, 0.2) is 34.8 Å². The molecular formula is C15H17BrN4O. The minimum atomic E-state index is 0.746. The van der Waals surface area contributed by atoms with Crippen LogP contribution in [0.4, 0.5) is 17.3 Å². The van der Waals surface area contributed by atoms with Crippen LogP contribution in [-0.2, 0) is 4.74 Å². The van der Waals surface area contributed by atoms with E-state index in [1.54, 1.807) is 0 Å². The Morgan fingerprint density at radius 1 is 1.19 bits per heavy atom. The third kappa shape index (κ3) is 3.51. The lowest BCUT2D eigenvalue weighted by atomic mass is 10.3. The van der Waals surface area contributed by atoms with E-state index in [0.717, 1.165) is 53.9 Å². The van der Waals surface area contributed by atoms with Crippen LogP contribution in [0.1, 0.15) is 5.82 Å². The average Bonchev–Trinajstić information content (AvgIpc) is 2.50. The number of hydrogen-bond acceptors (Lipinski definition) is 5. The molecule has 1 aliphatic rings. The number of ether oxygens (including phenoxy) is 1. The highest BCUT2D eigenvalue weighted by Gasteiger charge is 2.14. The lowest BCUT2D eigenvalue weighted by Crippen LogP contribution is -2.36. The highest BCUT2D eigenvalue weighted by molar-refractivity contribution is 9.10. The standard InChI is InChI=1S/C15H17BrN4O/c1-11-17-14(19-13-5-3-2-4-12(13)16)10-15(18-11)20-6-8-21-9-7-20/h2-5,10H,6-9H2,1H3,(H,17,18,19). The molecule has 0 saturated carbocycles. The number of halogens is 1. The number of rotatable bonds is 3. The van der Waals surface area contributed by atoms with Gasteiger partial charge in [-0.25, -0.2) is 9.97 Å². The topological polar surface area (TPSA) is 50.3 Å². The van der Waals surface area contributed by atoms with Gasteiger partial charge >= 0.3 is 0 Å². The molecule has 1 N–H and O–H groups in total. The van der Waals surface area contributed by atoms with Crippen LogP contribution in [0, 0.1) is 6.92 Å². The Balaban J connectivity index is 1.85. The van der Waals surface area contributed by atoms with Crippen LogP contribution >= 0.6 is 15.9 Å². The van der Waals surface area contributed by atoms with E-state index in [-0.39, 0.29) is 0 Å². The zero-order valence-electron chi connectivity index (χ0n) is 11.8. The van der Waals surface area contributed by atoms with E-state index >= 15 is 0 Å². The second kappa shape index (κ2) is 6.41. The molecule has 2 aromatic rings. The first-order chi connectivity index (χ1) is 10.2. The molecule has 0 spiro atoms. The van der Waals surface area contributed by atoms with Crippen molar-refractivity contribution in [1.82, 2.24) is 9.97 Å². The molecule has 1 aliphatic heterocycles. The van der Waals surface area contributed by atoms with Crippen molar-refractivity contribution in [3.63, 3.8) is 0 Å². The molecule has 2 heterocycles. The second-order valence-corrected chi connectivity index (χ2v) is 5.72. The summed E-state index contributed by atoms with van der Waals surface area (Å²) < 4.78 is 6.39. The molecule has 0 amide bonds. The van der Waals surface area contributed by atoms with Crippen LogP contribution < -0.4 is 10.2 Å². The third-order valence-corrected chi connectivity index (χ3v) is 3.99. The van der Waals surface area contributed by atoms with Crippen molar-refractivity contribution >= 4 is 33.3 Å². The molecule has 0 aliphatic carbocycles. The lowest BCUT2D eigenvalue weighted by molar-refractivity contribution is 0.122. The summed E-state index contributed by atoms with van der Waals surface area (Å²) in [4.78, 5) is 11.2. The summed E-state index contributed by atoms with van der Waals surface area (Å²) in [6.07, 6.45) is 0. The van der Waals surface area contributed by atoms with E-state index in [1.807, 2.05) is 37.3 Å². The van der Waals surface area contributed by atoms with Crippen molar-refractivity contribution in [3.05, 3.63) is 40.6 Å². The second-order valence-electron chi connectivity index (χ2n) is 4.86. The number of nitrogens with one attached hydrogen (secondary N) is 1. The molecule has 21 heavy (non-hydrogen) atoms. The Kier molecular flexibility index (Phi) is 4.36. The van der Waals surface area contributed by atoms with Crippen LogP contribution in [0.5, 0.6) is 0 Å². The van der Waals surface area contributed by atoms with Gasteiger partial charge in [-0.3, -0.25) is 0 Å². The summed E-state index contributed by atoms with van der Waals surface area (Å²) in [6, 6.07) is 9.97. The summed E-state index contributed by atoms with van der Waals surface area (Å²) in [7, 11) is 0. The smallest absolute Gasteiger partial charge is 0.136 e. The quantitative estimate of drug-likeness (QED) is 0.923. The van der Waals surface area contributed by atoms with Gasteiger partial charge in [0.15, 0.2) is 0 Å². The Hall–Kier alpha value is -1.66. The van der Waals surface area contributed by atoms with E-state index in [4.69, 9.17) is 4.74 Å². The molecule has 1 aromatic carbocycles. The van der Waals surface area contributed by atoms with Gasteiger partial charge in [-0.15, -0.1) is 0 Å². The molecule has 0 unspecified atom stereocenters. The van der Waals surface area contributed by atoms with Crippen molar-refractivity contribution in [2.75, 3.05) is 36.5 Å². The first kappa shape index (κ1) is 14.3. The lowest BCUT2D eigenvalue weighted by Gasteiger charge is -2.28. The largest absolute Gasteiger partial charge is 0.378 e. The molecule has 6 heteroatoms. The molecule has 1 fully saturated rings. The Morgan fingerprint density at radius 2 is 1.95 bits per heavy atom. The summed E-state index contributed by atoms with van der Waals surface area (Å²) in [5.41, 5.74) is 0.989. The van der Waals surface area contributed by atoms with Crippen LogP contribution in [-0.4, -0.2) is 36.3 Å². The summed E-state index contributed by atoms with van der Waals surface area (Å²) in [5, 5.41) is 3.34. The summed E-state index contributed by atoms with van der Waals surface area (Å²) in [5.74, 6) is 2.50. The normalized spacial score (nSPS) is 15.0.